The molecule has 0 saturated carbocycles. The molecule has 32 heavy (non-hydrogen) atoms. The molecule has 0 saturated heterocycles. The van der Waals surface area contributed by atoms with Crippen LogP contribution in [0.25, 0.3) is 5.69 Å². The summed E-state index contributed by atoms with van der Waals surface area (Å²) < 4.78 is 50.3. The molecule has 0 fully saturated rings. The van der Waals surface area contributed by atoms with Crippen molar-refractivity contribution in [3.8, 4) is 11.4 Å². The molecule has 0 aliphatic carbocycles. The zero-order chi connectivity index (χ0) is 24.0. The topological polar surface area (TPSA) is 57.0 Å². The van der Waals surface area contributed by atoms with Crippen LogP contribution in [0, 0.1) is 31.3 Å². The first-order chi connectivity index (χ1) is 14.8. The molecule has 0 radical (unpaired) electrons. The Labute approximate surface area is 196 Å². The summed E-state index contributed by atoms with van der Waals surface area (Å²) in [5.74, 6) is -1.99. The van der Waals surface area contributed by atoms with Crippen molar-refractivity contribution < 1.29 is 17.9 Å². The van der Waals surface area contributed by atoms with E-state index in [9.17, 15) is 13.6 Å². The van der Waals surface area contributed by atoms with Crippen LogP contribution >= 0.6 is 15.9 Å². The second kappa shape index (κ2) is 9.17. The average Bonchev–Trinajstić information content (AvgIpc) is 2.67. The number of halogens is 4. The van der Waals surface area contributed by atoms with Crippen LogP contribution < -0.4 is 14.0 Å². The molecule has 0 aliphatic heterocycles. The van der Waals surface area contributed by atoms with Gasteiger partial charge in [0, 0.05) is 0 Å². The van der Waals surface area contributed by atoms with Crippen LogP contribution in [0.5, 0.6) is 5.75 Å². The van der Waals surface area contributed by atoms with Crippen molar-refractivity contribution in [2.24, 2.45) is 0 Å². The Kier molecular flexibility index (Phi) is 7.09. The van der Waals surface area contributed by atoms with Gasteiger partial charge in [-0.15, -0.1) is 0 Å². The second-order valence-electron chi connectivity index (χ2n) is 8.59. The Hall–Kier alpha value is -1.88. The number of rotatable bonds is 5. The van der Waals surface area contributed by atoms with Crippen molar-refractivity contribution in [2.45, 2.75) is 41.7 Å². The van der Waals surface area contributed by atoms with Crippen molar-refractivity contribution in [3.63, 3.8) is 0 Å². The van der Waals surface area contributed by atoms with Crippen LogP contribution in [0.2, 0.25) is 14.8 Å². The van der Waals surface area contributed by atoms with E-state index in [1.807, 2.05) is 14.8 Å². The van der Waals surface area contributed by atoms with E-state index in [2.05, 4.69) is 25.9 Å². The Morgan fingerprint density at radius 3 is 2.34 bits per heavy atom. The van der Waals surface area contributed by atoms with Crippen LogP contribution in [0.1, 0.15) is 30.0 Å². The maximum absolute atomic E-state index is 15.5. The van der Waals surface area contributed by atoms with Gasteiger partial charge < -0.3 is 0 Å². The van der Waals surface area contributed by atoms with Gasteiger partial charge in [0.25, 0.3) is 0 Å². The molecule has 0 amide bonds. The molecule has 0 aliphatic rings. The van der Waals surface area contributed by atoms with Gasteiger partial charge in [-0.25, -0.2) is 4.39 Å². The molecule has 5 nitrogen and oxygen atoms in total. The van der Waals surface area contributed by atoms with E-state index >= 15 is 4.39 Å². The number of aromatic nitrogens is 3. The van der Waals surface area contributed by atoms with E-state index in [0.717, 1.165) is 6.20 Å². The molecule has 3 rings (SSSR count). The van der Waals surface area contributed by atoms with E-state index in [0.29, 0.717) is 21.0 Å². The molecular weight excluding hydrogens is 594 g/mol. The molecule has 10 heteroatoms. The van der Waals surface area contributed by atoms with Crippen LogP contribution in [0.3, 0.4) is 0 Å². The number of pyridine rings is 3. The number of aryl methyl sites for hydroxylation is 2. The average molecular weight is 617 g/mol. The third-order valence-corrected chi connectivity index (χ3v) is 10.7. The third kappa shape index (κ3) is 4.73. The van der Waals surface area contributed by atoms with Gasteiger partial charge in [-0.3, -0.25) is 0 Å². The zero-order valence-electron chi connectivity index (χ0n) is 18.6. The number of nitrogens with zero attached hydrogens (tertiary/aromatic N) is 3. The van der Waals surface area contributed by atoms with Crippen molar-refractivity contribution in [1.29, 1.82) is 0 Å². The standard InChI is InChI=1S/C19H14BrF3N3O2.3CH3.Sn/c1-9-6-24-8-14(23)18(9)26-10(2)4-15(16(20)19(26)27)28-11(3)17-13(22)5-12(21)7-25-17;;;;/h4-7,11H,1-3H3;3*1H3;. The minimum absolute atomic E-state index is 0.0499. The quantitative estimate of drug-likeness (QED) is 0.374. The third-order valence-electron chi connectivity index (χ3n) is 4.94. The molecule has 0 N–H and O–H groups in total. The first kappa shape index (κ1) is 24.8. The summed E-state index contributed by atoms with van der Waals surface area (Å²) in [6.07, 6.45) is 1.58. The van der Waals surface area contributed by atoms with Gasteiger partial charge in [-0.05, 0) is 0 Å². The Balaban J connectivity index is 2.11. The molecule has 3 heterocycles. The van der Waals surface area contributed by atoms with Crippen molar-refractivity contribution in [1.82, 2.24) is 14.5 Å². The fourth-order valence-electron chi connectivity index (χ4n) is 3.38. The van der Waals surface area contributed by atoms with Gasteiger partial charge in [0.1, 0.15) is 5.82 Å². The van der Waals surface area contributed by atoms with E-state index in [4.69, 9.17) is 4.74 Å². The van der Waals surface area contributed by atoms with E-state index in [1.54, 1.807) is 26.1 Å². The molecule has 3 aromatic rings. The van der Waals surface area contributed by atoms with Gasteiger partial charge in [0.15, 0.2) is 0 Å². The summed E-state index contributed by atoms with van der Waals surface area (Å²) in [4.78, 5) is 27.4. The fraction of sp³-hybridized carbons (Fsp3) is 0.318. The van der Waals surface area contributed by atoms with E-state index in [1.165, 1.54) is 11.5 Å². The van der Waals surface area contributed by atoms with Gasteiger partial charge in [0.2, 0.25) is 0 Å². The molecular formula is C22H23BrF3N3O2Sn. The van der Waals surface area contributed by atoms with E-state index in [-0.39, 0.29) is 21.6 Å². The monoisotopic (exact) mass is 617 g/mol. The van der Waals surface area contributed by atoms with Crippen molar-refractivity contribution in [3.05, 3.63) is 73.8 Å². The molecule has 0 bridgehead atoms. The Bertz CT molecular complexity index is 1260. The molecule has 170 valence electrons. The number of hydrogen-bond donors (Lipinski definition) is 0. The molecule has 3 aromatic heterocycles. The molecule has 0 aromatic carbocycles. The zero-order valence-corrected chi connectivity index (χ0v) is 23.0. The predicted molar refractivity (Wildman–Crippen MR) is 123 cm³/mol. The van der Waals surface area contributed by atoms with Crippen LogP contribution in [-0.4, -0.2) is 32.9 Å². The van der Waals surface area contributed by atoms with Gasteiger partial charge >= 0.3 is 187 Å². The summed E-state index contributed by atoms with van der Waals surface area (Å²) in [7, 11) is 0. The summed E-state index contributed by atoms with van der Waals surface area (Å²) in [5, 5.41) is 0. The second-order valence-corrected chi connectivity index (χ2v) is 23.6. The van der Waals surface area contributed by atoms with Gasteiger partial charge in [-0.1, -0.05) is 0 Å². The van der Waals surface area contributed by atoms with Crippen molar-refractivity contribution >= 4 is 38.0 Å². The predicted octanol–water partition coefficient (Wildman–Crippen LogP) is 5.11. The normalized spacial score (nSPS) is 12.7. The summed E-state index contributed by atoms with van der Waals surface area (Å²) in [6.45, 7) is 4.88. The van der Waals surface area contributed by atoms with Crippen LogP contribution in [-0.2, 0) is 0 Å². The summed E-state index contributed by atoms with van der Waals surface area (Å²) >= 11 is 0.356. The molecule has 1 unspecified atom stereocenters. The van der Waals surface area contributed by atoms with Crippen LogP contribution in [0.15, 0.2) is 33.8 Å². The van der Waals surface area contributed by atoms with Crippen LogP contribution in [0.4, 0.5) is 13.2 Å². The van der Waals surface area contributed by atoms with E-state index < -0.39 is 47.5 Å². The number of hydrogen-bond acceptors (Lipinski definition) is 4. The summed E-state index contributed by atoms with van der Waals surface area (Å²) in [6, 6.07) is 2.27. The SMILES string of the molecule is Cc1cn[c]([Sn]([CH3])([CH3])[CH3])c(F)c1-n1c(C)cc(OC(C)c2ncc(F)cc2F)c(Br)c1=O. The fourth-order valence-corrected chi connectivity index (χ4v) is 7.27. The summed E-state index contributed by atoms with van der Waals surface area (Å²) in [5.41, 5.74) is 0.492. The maximum atomic E-state index is 15.5. The minimum atomic E-state index is -2.89. The number of ether oxygens (including phenoxy) is 1. The first-order valence-electron chi connectivity index (χ1n) is 9.88. The first-order valence-corrected chi connectivity index (χ1v) is 20.7. The van der Waals surface area contributed by atoms with Crippen molar-refractivity contribution in [2.75, 3.05) is 0 Å². The van der Waals surface area contributed by atoms with Gasteiger partial charge in [0.05, 0.1) is 0 Å². The Morgan fingerprint density at radius 1 is 1.09 bits per heavy atom. The molecule has 1 atom stereocenters. The van der Waals surface area contributed by atoms with Gasteiger partial charge in [-0.2, -0.15) is 0 Å². The Morgan fingerprint density at radius 2 is 1.75 bits per heavy atom. The molecule has 0 spiro atoms.